The normalized spacial score (nSPS) is 21.5. The highest BCUT2D eigenvalue weighted by Gasteiger charge is 2.17. The number of benzene rings is 1. The van der Waals surface area contributed by atoms with Crippen molar-refractivity contribution in [2.45, 2.75) is 38.3 Å². The van der Waals surface area contributed by atoms with Gasteiger partial charge in [-0.25, -0.2) is 4.39 Å². The van der Waals surface area contributed by atoms with E-state index in [-0.39, 0.29) is 11.9 Å². The van der Waals surface area contributed by atoms with Crippen LogP contribution in [0, 0.1) is 5.82 Å². The first-order valence-electron chi connectivity index (χ1n) is 6.10. The second-order valence-corrected chi connectivity index (χ2v) is 5.13. The van der Waals surface area contributed by atoms with Gasteiger partial charge < -0.3 is 10.6 Å². The summed E-state index contributed by atoms with van der Waals surface area (Å²) < 4.78 is 13.6. The first-order valence-corrected chi connectivity index (χ1v) is 6.48. The summed E-state index contributed by atoms with van der Waals surface area (Å²) in [4.78, 5) is 0. The minimum absolute atomic E-state index is 0.251. The number of anilines is 1. The summed E-state index contributed by atoms with van der Waals surface area (Å²) in [5.74, 6) is -0.288. The molecule has 94 valence electrons. The predicted octanol–water partition coefficient (Wildman–Crippen LogP) is 3.42. The van der Waals surface area contributed by atoms with Crippen LogP contribution < -0.4 is 10.6 Å². The fourth-order valence-electron chi connectivity index (χ4n) is 2.32. The number of halogens is 2. The van der Waals surface area contributed by atoms with Crippen LogP contribution in [0.2, 0.25) is 5.02 Å². The zero-order valence-corrected chi connectivity index (χ0v) is 10.7. The first-order chi connectivity index (χ1) is 8.15. The van der Waals surface area contributed by atoms with Crippen LogP contribution in [0.4, 0.5) is 10.1 Å². The van der Waals surface area contributed by atoms with Gasteiger partial charge in [0.25, 0.3) is 0 Å². The van der Waals surface area contributed by atoms with E-state index >= 15 is 0 Å². The summed E-state index contributed by atoms with van der Waals surface area (Å²) in [6.07, 6.45) is 3.48. The topological polar surface area (TPSA) is 24.1 Å². The van der Waals surface area contributed by atoms with E-state index in [0.717, 1.165) is 13.0 Å². The van der Waals surface area contributed by atoms with Crippen molar-refractivity contribution in [1.29, 1.82) is 0 Å². The Morgan fingerprint density at radius 3 is 3.06 bits per heavy atom. The highest BCUT2D eigenvalue weighted by Crippen LogP contribution is 2.21. The quantitative estimate of drug-likeness (QED) is 0.863. The molecule has 1 fully saturated rings. The lowest BCUT2D eigenvalue weighted by Crippen LogP contribution is -2.29. The van der Waals surface area contributed by atoms with Crippen LogP contribution in [0.1, 0.15) is 26.2 Å². The van der Waals surface area contributed by atoms with E-state index in [1.165, 1.54) is 18.9 Å². The summed E-state index contributed by atoms with van der Waals surface area (Å²) in [6.45, 7) is 3.18. The third-order valence-electron chi connectivity index (χ3n) is 3.13. The fourth-order valence-corrected chi connectivity index (χ4v) is 2.47. The van der Waals surface area contributed by atoms with Gasteiger partial charge in [0.2, 0.25) is 0 Å². The minimum Gasteiger partial charge on any atom is -0.380 e. The molecule has 0 saturated carbocycles. The summed E-state index contributed by atoms with van der Waals surface area (Å²) in [7, 11) is 0. The third-order valence-corrected chi connectivity index (χ3v) is 3.37. The Labute approximate surface area is 107 Å². The Kier molecular flexibility index (Phi) is 4.24. The molecule has 1 heterocycles. The second-order valence-electron chi connectivity index (χ2n) is 4.70. The van der Waals surface area contributed by atoms with Gasteiger partial charge in [-0.3, -0.25) is 0 Å². The highest BCUT2D eigenvalue weighted by atomic mass is 35.5. The van der Waals surface area contributed by atoms with Crippen LogP contribution >= 0.6 is 11.6 Å². The predicted molar refractivity (Wildman–Crippen MR) is 70.1 cm³/mol. The maximum absolute atomic E-state index is 13.6. The van der Waals surface area contributed by atoms with Crippen LogP contribution in [0.15, 0.2) is 18.2 Å². The molecule has 0 aliphatic carbocycles. The van der Waals surface area contributed by atoms with E-state index in [9.17, 15) is 4.39 Å². The van der Waals surface area contributed by atoms with E-state index < -0.39 is 0 Å². The molecule has 2 unspecified atom stereocenters. The average Bonchev–Trinajstić information content (AvgIpc) is 2.75. The Bertz CT molecular complexity index is 378. The Morgan fingerprint density at radius 1 is 1.59 bits per heavy atom. The number of hydrogen-bond donors (Lipinski definition) is 2. The molecule has 0 spiro atoms. The molecule has 4 heteroatoms. The van der Waals surface area contributed by atoms with Crippen molar-refractivity contribution < 1.29 is 4.39 Å². The van der Waals surface area contributed by atoms with E-state index in [0.29, 0.717) is 16.8 Å². The molecular weight excluding hydrogens is 239 g/mol. The molecular formula is C13H18ClFN2. The van der Waals surface area contributed by atoms with Gasteiger partial charge in [-0.1, -0.05) is 11.6 Å². The molecule has 2 N–H and O–H groups in total. The van der Waals surface area contributed by atoms with Crippen molar-refractivity contribution in [2.24, 2.45) is 0 Å². The van der Waals surface area contributed by atoms with Crippen molar-refractivity contribution in [2.75, 3.05) is 11.9 Å². The van der Waals surface area contributed by atoms with Crippen LogP contribution in [-0.2, 0) is 0 Å². The largest absolute Gasteiger partial charge is 0.380 e. The molecule has 17 heavy (non-hydrogen) atoms. The highest BCUT2D eigenvalue weighted by molar-refractivity contribution is 6.30. The molecule has 0 aromatic heterocycles. The summed E-state index contributed by atoms with van der Waals surface area (Å²) in [5, 5.41) is 7.06. The zero-order chi connectivity index (χ0) is 12.3. The lowest BCUT2D eigenvalue weighted by Gasteiger charge is -2.19. The Morgan fingerprint density at radius 2 is 2.41 bits per heavy atom. The van der Waals surface area contributed by atoms with Crippen LogP contribution in [0.5, 0.6) is 0 Å². The number of hydrogen-bond acceptors (Lipinski definition) is 2. The molecule has 0 amide bonds. The van der Waals surface area contributed by atoms with Crippen LogP contribution in [0.3, 0.4) is 0 Å². The standard InChI is InChI=1S/C13H18ClFN2/c1-9(7-11-3-2-6-16-11)17-13-5-4-10(14)8-12(13)15/h4-5,8-9,11,16-17H,2-3,6-7H2,1H3. The summed E-state index contributed by atoms with van der Waals surface area (Å²) in [5.41, 5.74) is 0.528. The van der Waals surface area contributed by atoms with Gasteiger partial charge in [-0.05, 0) is 50.9 Å². The minimum atomic E-state index is -0.288. The summed E-state index contributed by atoms with van der Waals surface area (Å²) >= 11 is 5.71. The molecule has 2 rings (SSSR count). The molecule has 1 aliphatic rings. The van der Waals surface area contributed by atoms with Crippen LogP contribution in [0.25, 0.3) is 0 Å². The molecule has 1 aromatic rings. The van der Waals surface area contributed by atoms with Gasteiger partial charge >= 0.3 is 0 Å². The van der Waals surface area contributed by atoms with Crippen molar-refractivity contribution in [1.82, 2.24) is 5.32 Å². The molecule has 0 bridgehead atoms. The second kappa shape index (κ2) is 5.69. The van der Waals surface area contributed by atoms with Crippen molar-refractivity contribution in [3.05, 3.63) is 29.0 Å². The van der Waals surface area contributed by atoms with Crippen molar-refractivity contribution >= 4 is 17.3 Å². The van der Waals surface area contributed by atoms with E-state index in [4.69, 9.17) is 11.6 Å². The van der Waals surface area contributed by atoms with Gasteiger partial charge in [0, 0.05) is 17.1 Å². The van der Waals surface area contributed by atoms with E-state index in [2.05, 4.69) is 17.6 Å². The maximum atomic E-state index is 13.6. The number of nitrogens with one attached hydrogen (secondary N) is 2. The van der Waals surface area contributed by atoms with Gasteiger partial charge in [0.05, 0.1) is 5.69 Å². The molecule has 1 aliphatic heterocycles. The van der Waals surface area contributed by atoms with Gasteiger partial charge in [0.1, 0.15) is 5.82 Å². The zero-order valence-electron chi connectivity index (χ0n) is 9.97. The average molecular weight is 257 g/mol. The Hall–Kier alpha value is -0.800. The van der Waals surface area contributed by atoms with Gasteiger partial charge in [-0.15, -0.1) is 0 Å². The van der Waals surface area contributed by atoms with E-state index in [1.54, 1.807) is 12.1 Å². The SMILES string of the molecule is CC(CC1CCCN1)Nc1ccc(Cl)cc1F. The van der Waals surface area contributed by atoms with Crippen LogP contribution in [-0.4, -0.2) is 18.6 Å². The maximum Gasteiger partial charge on any atom is 0.147 e. The molecule has 2 nitrogen and oxygen atoms in total. The molecule has 2 atom stereocenters. The van der Waals surface area contributed by atoms with Gasteiger partial charge in [-0.2, -0.15) is 0 Å². The van der Waals surface area contributed by atoms with Crippen molar-refractivity contribution in [3.8, 4) is 0 Å². The smallest absolute Gasteiger partial charge is 0.147 e. The number of rotatable bonds is 4. The monoisotopic (exact) mass is 256 g/mol. The lowest BCUT2D eigenvalue weighted by molar-refractivity contribution is 0.521. The van der Waals surface area contributed by atoms with E-state index in [1.807, 2.05) is 0 Å². The molecule has 0 radical (unpaired) electrons. The fraction of sp³-hybridized carbons (Fsp3) is 0.538. The van der Waals surface area contributed by atoms with Gasteiger partial charge in [0.15, 0.2) is 0 Å². The first kappa shape index (κ1) is 12.7. The van der Waals surface area contributed by atoms with Crippen molar-refractivity contribution in [3.63, 3.8) is 0 Å². The summed E-state index contributed by atoms with van der Waals surface area (Å²) in [6, 6.07) is 5.54. The lowest BCUT2D eigenvalue weighted by atomic mass is 10.1. The third kappa shape index (κ3) is 3.58. The molecule has 1 saturated heterocycles. The molecule has 1 aromatic carbocycles. The Balaban J connectivity index is 1.90.